The van der Waals surface area contributed by atoms with E-state index in [1.165, 1.54) is 0 Å². The van der Waals surface area contributed by atoms with Gasteiger partial charge in [0, 0.05) is 17.1 Å². The molecule has 0 amide bonds. The Labute approximate surface area is 129 Å². The zero-order valence-electron chi connectivity index (χ0n) is 11.7. The number of halogens is 2. The Morgan fingerprint density at radius 3 is 2.75 bits per heavy atom. The molecule has 0 aliphatic rings. The van der Waals surface area contributed by atoms with Gasteiger partial charge in [-0.1, -0.05) is 36.5 Å². The Hall–Kier alpha value is -0.970. The van der Waals surface area contributed by atoms with Gasteiger partial charge >= 0.3 is 5.97 Å². The van der Waals surface area contributed by atoms with Crippen molar-refractivity contribution in [3.63, 3.8) is 0 Å². The molecule has 0 unspecified atom stereocenters. The number of benzene rings is 1. The van der Waals surface area contributed by atoms with E-state index in [1.807, 2.05) is 6.92 Å². The number of esters is 1. The van der Waals surface area contributed by atoms with Crippen molar-refractivity contribution >= 4 is 29.2 Å². The van der Waals surface area contributed by atoms with E-state index in [-0.39, 0.29) is 6.61 Å². The summed E-state index contributed by atoms with van der Waals surface area (Å²) in [5, 5.41) is 3.90. The summed E-state index contributed by atoms with van der Waals surface area (Å²) in [5.41, 5.74) is 0.798. The van der Waals surface area contributed by atoms with Crippen LogP contribution in [0.15, 0.2) is 12.1 Å². The summed E-state index contributed by atoms with van der Waals surface area (Å²) in [4.78, 5) is 11.5. The smallest absolute Gasteiger partial charge is 0.344 e. The van der Waals surface area contributed by atoms with E-state index >= 15 is 0 Å². The van der Waals surface area contributed by atoms with Gasteiger partial charge in [-0.3, -0.25) is 0 Å². The first kappa shape index (κ1) is 17.1. The van der Waals surface area contributed by atoms with Crippen LogP contribution in [0.5, 0.6) is 5.75 Å². The van der Waals surface area contributed by atoms with Crippen LogP contribution >= 0.6 is 23.2 Å². The number of rotatable bonds is 8. The quantitative estimate of drug-likeness (QED) is 0.589. The summed E-state index contributed by atoms with van der Waals surface area (Å²) < 4.78 is 10.5. The fourth-order valence-corrected chi connectivity index (χ4v) is 2.19. The number of ether oxygens (including phenoxy) is 2. The Kier molecular flexibility index (Phi) is 7.73. The first-order valence-electron chi connectivity index (χ1n) is 6.49. The summed E-state index contributed by atoms with van der Waals surface area (Å²) in [6.07, 6.45) is 1.82. The van der Waals surface area contributed by atoms with Gasteiger partial charge in [0.15, 0.2) is 6.61 Å². The van der Waals surface area contributed by atoms with Crippen LogP contribution in [-0.4, -0.2) is 26.2 Å². The van der Waals surface area contributed by atoms with Gasteiger partial charge in [-0.25, -0.2) is 4.79 Å². The first-order valence-corrected chi connectivity index (χ1v) is 7.25. The van der Waals surface area contributed by atoms with E-state index in [0.717, 1.165) is 18.4 Å². The summed E-state index contributed by atoms with van der Waals surface area (Å²) in [7, 11) is 1.80. The molecule has 6 heteroatoms. The Morgan fingerprint density at radius 1 is 1.35 bits per heavy atom. The van der Waals surface area contributed by atoms with Crippen LogP contribution < -0.4 is 10.1 Å². The molecule has 1 N–H and O–H groups in total. The zero-order chi connectivity index (χ0) is 15.0. The summed E-state index contributed by atoms with van der Waals surface area (Å²) in [5.74, 6) is 0.0535. The molecule has 0 bridgehead atoms. The second kappa shape index (κ2) is 9.06. The predicted octanol–water partition coefficient (Wildman–Crippen LogP) is 3.43. The lowest BCUT2D eigenvalue weighted by Gasteiger charge is -2.13. The first-order chi connectivity index (χ1) is 9.58. The highest BCUT2D eigenvalue weighted by Gasteiger charge is 2.12. The lowest BCUT2D eigenvalue weighted by Crippen LogP contribution is -2.17. The minimum atomic E-state index is -0.403. The minimum Gasteiger partial charge on any atom is -0.480 e. The highest BCUT2D eigenvalue weighted by atomic mass is 35.5. The second-order valence-corrected chi connectivity index (χ2v) is 5.11. The third kappa shape index (κ3) is 5.57. The number of carbonyl (C=O) groups excluding carboxylic acids is 1. The molecular weight excluding hydrogens is 301 g/mol. The molecular formula is C14H19Cl2NO3. The molecule has 1 aromatic carbocycles. The summed E-state index contributed by atoms with van der Waals surface area (Å²) in [6.45, 7) is 2.82. The number of nitrogens with one attached hydrogen (secondary N) is 1. The number of unbranched alkanes of at least 4 members (excludes halogenated alkanes) is 1. The molecule has 1 aromatic rings. The summed E-state index contributed by atoms with van der Waals surface area (Å²) in [6, 6.07) is 3.34. The van der Waals surface area contributed by atoms with Crippen LogP contribution in [0, 0.1) is 0 Å². The third-order valence-electron chi connectivity index (χ3n) is 2.55. The van der Waals surface area contributed by atoms with Crippen LogP contribution in [0.25, 0.3) is 0 Å². The molecule has 0 saturated carbocycles. The highest BCUT2D eigenvalue weighted by Crippen LogP contribution is 2.32. The molecule has 0 atom stereocenters. The largest absolute Gasteiger partial charge is 0.480 e. The molecule has 0 heterocycles. The van der Waals surface area contributed by atoms with Gasteiger partial charge in [-0.05, 0) is 25.6 Å². The SMILES string of the molecule is CCCCOC(=O)COc1c(Cl)cc(Cl)cc1CNC. The maximum absolute atomic E-state index is 11.5. The van der Waals surface area contributed by atoms with E-state index in [4.69, 9.17) is 32.7 Å². The molecule has 0 radical (unpaired) electrons. The standard InChI is InChI=1S/C14H19Cl2NO3/c1-3-4-5-19-13(18)9-20-14-10(8-17-2)6-11(15)7-12(14)16/h6-7,17H,3-5,8-9H2,1-2H3. The van der Waals surface area contributed by atoms with E-state index in [9.17, 15) is 4.79 Å². The molecule has 0 spiro atoms. The van der Waals surface area contributed by atoms with Crippen LogP contribution in [0.3, 0.4) is 0 Å². The fourth-order valence-electron chi connectivity index (χ4n) is 1.60. The lowest BCUT2D eigenvalue weighted by atomic mass is 10.2. The van der Waals surface area contributed by atoms with Crippen LogP contribution in [0.1, 0.15) is 25.3 Å². The zero-order valence-corrected chi connectivity index (χ0v) is 13.2. The maximum Gasteiger partial charge on any atom is 0.344 e. The van der Waals surface area contributed by atoms with Crippen molar-refractivity contribution in [2.45, 2.75) is 26.3 Å². The molecule has 0 fully saturated rings. The van der Waals surface area contributed by atoms with E-state index in [0.29, 0.717) is 28.9 Å². The van der Waals surface area contributed by atoms with Crippen molar-refractivity contribution in [1.29, 1.82) is 0 Å². The van der Waals surface area contributed by atoms with Gasteiger partial charge in [-0.2, -0.15) is 0 Å². The third-order valence-corrected chi connectivity index (χ3v) is 3.05. The van der Waals surface area contributed by atoms with Crippen LogP contribution in [0.2, 0.25) is 10.0 Å². The highest BCUT2D eigenvalue weighted by molar-refractivity contribution is 6.35. The van der Waals surface area contributed by atoms with Gasteiger partial charge in [0.05, 0.1) is 11.6 Å². The molecule has 20 heavy (non-hydrogen) atoms. The van der Waals surface area contributed by atoms with Crippen molar-refractivity contribution in [2.24, 2.45) is 0 Å². The van der Waals surface area contributed by atoms with Crippen molar-refractivity contribution in [3.05, 3.63) is 27.7 Å². The molecule has 0 saturated heterocycles. The van der Waals surface area contributed by atoms with E-state index in [2.05, 4.69) is 5.32 Å². The average molecular weight is 320 g/mol. The average Bonchev–Trinajstić information content (AvgIpc) is 2.38. The van der Waals surface area contributed by atoms with Gasteiger partial charge in [0.1, 0.15) is 5.75 Å². The molecule has 0 aliphatic carbocycles. The summed E-state index contributed by atoms with van der Waals surface area (Å²) >= 11 is 12.0. The van der Waals surface area contributed by atoms with Crippen molar-refractivity contribution in [2.75, 3.05) is 20.3 Å². The molecule has 4 nitrogen and oxygen atoms in total. The number of carbonyl (C=O) groups is 1. The van der Waals surface area contributed by atoms with Crippen molar-refractivity contribution in [3.8, 4) is 5.75 Å². The molecule has 1 rings (SSSR count). The van der Waals surface area contributed by atoms with Gasteiger partial charge < -0.3 is 14.8 Å². The second-order valence-electron chi connectivity index (χ2n) is 4.27. The van der Waals surface area contributed by atoms with Crippen molar-refractivity contribution in [1.82, 2.24) is 5.32 Å². The number of hydrogen-bond donors (Lipinski definition) is 1. The Balaban J connectivity index is 2.64. The molecule has 112 valence electrons. The van der Waals surface area contributed by atoms with Crippen LogP contribution in [-0.2, 0) is 16.1 Å². The number of hydrogen-bond acceptors (Lipinski definition) is 4. The fraction of sp³-hybridized carbons (Fsp3) is 0.500. The minimum absolute atomic E-state index is 0.165. The monoisotopic (exact) mass is 319 g/mol. The van der Waals surface area contributed by atoms with E-state index in [1.54, 1.807) is 19.2 Å². The molecule has 0 aromatic heterocycles. The van der Waals surface area contributed by atoms with Crippen molar-refractivity contribution < 1.29 is 14.3 Å². The predicted molar refractivity (Wildman–Crippen MR) is 80.6 cm³/mol. The van der Waals surface area contributed by atoms with Gasteiger partial charge in [0.25, 0.3) is 0 Å². The normalized spacial score (nSPS) is 10.4. The van der Waals surface area contributed by atoms with E-state index < -0.39 is 5.97 Å². The lowest BCUT2D eigenvalue weighted by molar-refractivity contribution is -0.146. The topological polar surface area (TPSA) is 47.6 Å². The Bertz CT molecular complexity index is 452. The van der Waals surface area contributed by atoms with Crippen LogP contribution in [0.4, 0.5) is 0 Å². The van der Waals surface area contributed by atoms with Gasteiger partial charge in [-0.15, -0.1) is 0 Å². The maximum atomic E-state index is 11.5. The Morgan fingerprint density at radius 2 is 2.10 bits per heavy atom. The van der Waals surface area contributed by atoms with Gasteiger partial charge in [0.2, 0.25) is 0 Å². The molecule has 0 aliphatic heterocycles.